The summed E-state index contributed by atoms with van der Waals surface area (Å²) in [5.74, 6) is 0.0735. The summed E-state index contributed by atoms with van der Waals surface area (Å²) in [6.45, 7) is 9.59. The van der Waals surface area contributed by atoms with Gasteiger partial charge in [-0.15, -0.1) is 0 Å². The second-order valence-electron chi connectivity index (χ2n) is 13.1. The molecule has 3 aromatic carbocycles. The van der Waals surface area contributed by atoms with E-state index >= 15 is 0 Å². The van der Waals surface area contributed by atoms with Crippen LogP contribution in [-0.2, 0) is 16.1 Å². The van der Waals surface area contributed by atoms with E-state index in [2.05, 4.69) is 75.0 Å². The van der Waals surface area contributed by atoms with Crippen molar-refractivity contribution in [2.75, 3.05) is 71.8 Å². The zero-order valence-corrected chi connectivity index (χ0v) is 27.6. The van der Waals surface area contributed by atoms with Gasteiger partial charge in [-0.2, -0.15) is 0 Å². The number of nitrogens with one attached hydrogen (secondary N) is 2. The maximum atomic E-state index is 12.8. The monoisotopic (exact) mass is 625 g/mol. The Balaban J connectivity index is 0.000000247. The van der Waals surface area contributed by atoms with Gasteiger partial charge in [0, 0.05) is 70.2 Å². The maximum absolute atomic E-state index is 12.8. The Morgan fingerprint density at radius 3 is 2.28 bits per heavy atom. The fraction of sp³-hybridized carbons (Fsp3) is 0.474. The lowest BCUT2D eigenvalue weighted by molar-refractivity contribution is -0.135. The van der Waals surface area contributed by atoms with Crippen LogP contribution in [0.1, 0.15) is 48.0 Å². The van der Waals surface area contributed by atoms with Crippen molar-refractivity contribution in [2.24, 2.45) is 5.41 Å². The molecule has 3 aromatic rings. The van der Waals surface area contributed by atoms with Gasteiger partial charge in [0.05, 0.1) is 0 Å². The average molecular weight is 626 g/mol. The summed E-state index contributed by atoms with van der Waals surface area (Å²) in [6, 6.07) is 26.9. The summed E-state index contributed by atoms with van der Waals surface area (Å²) in [5.41, 5.74) is 6.25. The van der Waals surface area contributed by atoms with E-state index in [9.17, 15) is 9.59 Å². The third kappa shape index (κ3) is 9.18. The number of rotatable bonds is 10. The zero-order chi connectivity index (χ0) is 32.2. The lowest BCUT2D eigenvalue weighted by Gasteiger charge is -2.39. The first-order chi connectivity index (χ1) is 22.5. The fourth-order valence-corrected chi connectivity index (χ4v) is 6.95. The minimum atomic E-state index is 0.0485. The molecule has 1 amide bonds. The van der Waals surface area contributed by atoms with Crippen LogP contribution in [0.4, 0.5) is 5.69 Å². The molecule has 2 N–H and O–H groups in total. The average Bonchev–Trinajstić information content (AvgIpc) is 3.57. The molecule has 46 heavy (non-hydrogen) atoms. The Labute approximate surface area is 275 Å². The minimum absolute atomic E-state index is 0.0485. The highest BCUT2D eigenvalue weighted by atomic mass is 16.5. The van der Waals surface area contributed by atoms with Crippen molar-refractivity contribution in [2.45, 2.75) is 44.8 Å². The third-order valence-electron chi connectivity index (χ3n) is 10.0. The molecule has 0 radical (unpaired) electrons. The van der Waals surface area contributed by atoms with Crippen molar-refractivity contribution in [3.05, 3.63) is 90.0 Å². The molecule has 8 heteroatoms. The Morgan fingerprint density at radius 2 is 1.63 bits per heavy atom. The van der Waals surface area contributed by atoms with Crippen molar-refractivity contribution in [3.8, 4) is 11.1 Å². The number of hydrogen-bond donors (Lipinski definition) is 2. The number of amides is 1. The molecule has 0 unspecified atom stereocenters. The number of para-hydroxylation sites is 1. The number of nitrogens with zero attached hydrogens (tertiary/aromatic N) is 3. The van der Waals surface area contributed by atoms with E-state index in [1.165, 1.54) is 67.8 Å². The smallest absolute Gasteiger partial charge is 0.293 e. The molecule has 6 rings (SSSR count). The molecule has 3 heterocycles. The van der Waals surface area contributed by atoms with Gasteiger partial charge in [-0.05, 0) is 86.5 Å². The number of benzene rings is 3. The molecular weight excluding hydrogens is 574 g/mol. The molecule has 3 aliphatic heterocycles. The Kier molecular flexibility index (Phi) is 12.2. The van der Waals surface area contributed by atoms with Gasteiger partial charge >= 0.3 is 0 Å². The normalized spacial score (nSPS) is 18.4. The molecule has 3 fully saturated rings. The predicted molar refractivity (Wildman–Crippen MR) is 186 cm³/mol. The number of hydrogen-bond acceptors (Lipinski definition) is 7. The highest BCUT2D eigenvalue weighted by molar-refractivity contribution is 5.94. The number of ether oxygens (including phenoxy) is 1. The predicted octanol–water partition coefficient (Wildman–Crippen LogP) is 5.37. The fourth-order valence-electron chi connectivity index (χ4n) is 6.95. The number of likely N-dealkylation sites (tertiary alicyclic amines) is 2. The first-order valence-electron chi connectivity index (χ1n) is 16.9. The van der Waals surface area contributed by atoms with E-state index in [1.807, 2.05) is 43.3 Å². The molecule has 0 aromatic heterocycles. The first-order valence-corrected chi connectivity index (χ1v) is 16.9. The van der Waals surface area contributed by atoms with E-state index in [-0.39, 0.29) is 12.0 Å². The van der Waals surface area contributed by atoms with Gasteiger partial charge in [0.1, 0.15) is 6.10 Å². The van der Waals surface area contributed by atoms with Crippen LogP contribution in [0.2, 0.25) is 0 Å². The largest absolute Gasteiger partial charge is 0.464 e. The molecule has 0 atom stereocenters. The lowest BCUT2D eigenvalue weighted by Crippen LogP contribution is -2.42. The van der Waals surface area contributed by atoms with Crippen molar-refractivity contribution in [1.29, 1.82) is 0 Å². The Morgan fingerprint density at radius 1 is 0.935 bits per heavy atom. The summed E-state index contributed by atoms with van der Waals surface area (Å²) in [4.78, 5) is 30.0. The Bertz CT molecular complexity index is 1360. The zero-order valence-electron chi connectivity index (χ0n) is 27.6. The molecule has 246 valence electrons. The molecular formula is C38H51N5O3. The highest BCUT2D eigenvalue weighted by Crippen LogP contribution is 2.37. The molecule has 3 saturated heterocycles. The van der Waals surface area contributed by atoms with Crippen LogP contribution in [0, 0.1) is 5.41 Å². The van der Waals surface area contributed by atoms with Crippen molar-refractivity contribution < 1.29 is 14.3 Å². The van der Waals surface area contributed by atoms with Gasteiger partial charge < -0.3 is 25.2 Å². The van der Waals surface area contributed by atoms with Crippen LogP contribution in [0.3, 0.4) is 0 Å². The standard InChI is InChI=1S/C25H38N4O3.C13H13N/c1-27(16-17-28-12-6-23(7-13-28)32-20-30)24(31)22-4-2-21(3-5-22)18-29-14-9-25(10-15-29)8-11-26-19-25;1-14-13-10-6-5-9-12(13)11-7-3-2-4-8-11/h2-5,20,23,26H,6-19H2,1H3;2-10,14H,1H3. The number of carbonyl (C=O) groups excluding carboxylic acids is 2. The van der Waals surface area contributed by atoms with Gasteiger partial charge in [0.25, 0.3) is 12.4 Å². The molecule has 0 aliphatic carbocycles. The maximum Gasteiger partial charge on any atom is 0.293 e. The van der Waals surface area contributed by atoms with Gasteiger partial charge in [0.2, 0.25) is 0 Å². The van der Waals surface area contributed by atoms with Gasteiger partial charge in [0.15, 0.2) is 0 Å². The molecule has 3 aliphatic rings. The van der Waals surface area contributed by atoms with E-state index in [1.54, 1.807) is 0 Å². The van der Waals surface area contributed by atoms with Crippen molar-refractivity contribution in [3.63, 3.8) is 0 Å². The van der Waals surface area contributed by atoms with Crippen LogP contribution in [0.5, 0.6) is 0 Å². The summed E-state index contributed by atoms with van der Waals surface area (Å²) in [5, 5.41) is 6.73. The van der Waals surface area contributed by atoms with Crippen LogP contribution >= 0.6 is 0 Å². The Hall–Kier alpha value is -3.72. The van der Waals surface area contributed by atoms with Gasteiger partial charge in [-0.1, -0.05) is 60.7 Å². The van der Waals surface area contributed by atoms with E-state index in [4.69, 9.17) is 4.74 Å². The van der Waals surface area contributed by atoms with Crippen molar-refractivity contribution in [1.82, 2.24) is 20.0 Å². The van der Waals surface area contributed by atoms with E-state index in [0.29, 0.717) is 18.4 Å². The topological polar surface area (TPSA) is 77.2 Å². The van der Waals surface area contributed by atoms with Gasteiger partial charge in [-0.3, -0.25) is 14.5 Å². The van der Waals surface area contributed by atoms with Crippen molar-refractivity contribution >= 4 is 18.1 Å². The second-order valence-corrected chi connectivity index (χ2v) is 13.1. The number of piperidine rings is 2. The van der Waals surface area contributed by atoms with Crippen LogP contribution in [0.25, 0.3) is 11.1 Å². The molecule has 0 bridgehead atoms. The van der Waals surface area contributed by atoms with Crippen LogP contribution < -0.4 is 10.6 Å². The molecule has 1 spiro atoms. The highest BCUT2D eigenvalue weighted by Gasteiger charge is 2.36. The number of carbonyl (C=O) groups is 2. The summed E-state index contributed by atoms with van der Waals surface area (Å²) in [7, 11) is 3.82. The lowest BCUT2D eigenvalue weighted by atomic mass is 9.78. The third-order valence-corrected chi connectivity index (χ3v) is 10.0. The second kappa shape index (κ2) is 16.7. The quantitative estimate of drug-likeness (QED) is 0.294. The van der Waals surface area contributed by atoms with Crippen LogP contribution in [0.15, 0.2) is 78.9 Å². The summed E-state index contributed by atoms with van der Waals surface area (Å²) >= 11 is 0. The SMILES string of the molecule is CN(CCN1CCC(OC=O)CC1)C(=O)c1ccc(CN2CCC3(CCNC3)CC2)cc1.CNc1ccccc1-c1ccccc1. The first kappa shape index (κ1) is 33.6. The summed E-state index contributed by atoms with van der Waals surface area (Å²) < 4.78 is 5.05. The van der Waals surface area contributed by atoms with Gasteiger partial charge in [-0.25, -0.2) is 0 Å². The summed E-state index contributed by atoms with van der Waals surface area (Å²) in [6.07, 6.45) is 5.71. The molecule has 0 saturated carbocycles. The number of likely N-dealkylation sites (N-methyl/N-ethyl adjacent to an activating group) is 1. The minimum Gasteiger partial charge on any atom is -0.464 e. The van der Waals surface area contributed by atoms with E-state index in [0.717, 1.165) is 44.6 Å². The van der Waals surface area contributed by atoms with Crippen LogP contribution in [-0.4, -0.2) is 99.6 Å². The molecule has 8 nitrogen and oxygen atoms in total. The van der Waals surface area contributed by atoms with E-state index < -0.39 is 0 Å². The number of anilines is 1.